The van der Waals surface area contributed by atoms with Crippen LogP contribution in [0.1, 0.15) is 0 Å². The van der Waals surface area contributed by atoms with Crippen molar-refractivity contribution in [3.05, 3.63) is 69.2 Å². The summed E-state index contributed by atoms with van der Waals surface area (Å²) in [5, 5.41) is 3.85. The molecular weight excluding hydrogens is 276 g/mol. The average molecular weight is 284 g/mol. The summed E-state index contributed by atoms with van der Waals surface area (Å²) in [6.07, 6.45) is 3.32. The van der Waals surface area contributed by atoms with Gasteiger partial charge in [0, 0.05) is 44.7 Å². The zero-order valence-corrected chi connectivity index (χ0v) is 11.3. The quantitative estimate of drug-likeness (QED) is 0.438. The van der Waals surface area contributed by atoms with E-state index in [0.717, 1.165) is 10.8 Å². The molecule has 0 N–H and O–H groups in total. The zero-order valence-electron chi connectivity index (χ0n) is 11.3. The van der Waals surface area contributed by atoms with Crippen LogP contribution >= 0.6 is 0 Å². The van der Waals surface area contributed by atoms with Gasteiger partial charge in [-0.1, -0.05) is 0 Å². The van der Waals surface area contributed by atoms with Gasteiger partial charge in [-0.25, -0.2) is 0 Å². The van der Waals surface area contributed by atoms with Crippen molar-refractivity contribution in [1.29, 1.82) is 0 Å². The van der Waals surface area contributed by atoms with Crippen molar-refractivity contribution in [3.63, 3.8) is 0 Å². The van der Waals surface area contributed by atoms with Gasteiger partial charge in [-0.3, -0.25) is 19.6 Å². The van der Waals surface area contributed by atoms with Crippen LogP contribution in [0.5, 0.6) is 0 Å². The van der Waals surface area contributed by atoms with Crippen molar-refractivity contribution in [3.8, 4) is 0 Å². The molecule has 0 fully saturated rings. The Balaban J connectivity index is 2.16. The van der Waals surface area contributed by atoms with Crippen molar-refractivity contribution in [2.45, 2.75) is 0 Å². The molecule has 5 rings (SSSR count). The molecule has 2 aromatic heterocycles. The Bertz CT molecular complexity index is 1210. The number of fused-ring (bicyclic) bond motifs is 6. The van der Waals surface area contributed by atoms with Crippen LogP contribution < -0.4 is 10.9 Å². The first-order valence-electron chi connectivity index (χ1n) is 6.94. The molecule has 102 valence electrons. The third kappa shape index (κ3) is 1.22. The molecule has 5 aromatic rings. The minimum Gasteiger partial charge on any atom is -0.289 e. The van der Waals surface area contributed by atoms with Gasteiger partial charge < -0.3 is 0 Å². The highest BCUT2D eigenvalue weighted by Gasteiger charge is 2.16. The number of rotatable bonds is 0. The molecule has 0 aliphatic carbocycles. The first kappa shape index (κ1) is 11.5. The third-order valence-electron chi connectivity index (χ3n) is 4.26. The van der Waals surface area contributed by atoms with E-state index >= 15 is 0 Å². The summed E-state index contributed by atoms with van der Waals surface area (Å²) >= 11 is 0. The number of aromatic nitrogens is 2. The largest absolute Gasteiger partial charge is 0.289 e. The van der Waals surface area contributed by atoms with E-state index < -0.39 is 0 Å². The van der Waals surface area contributed by atoms with Crippen molar-refractivity contribution >= 4 is 43.4 Å². The van der Waals surface area contributed by atoms with Gasteiger partial charge in [-0.2, -0.15) is 0 Å². The molecule has 0 bridgehead atoms. The number of benzene rings is 1. The maximum atomic E-state index is 12.5. The molecule has 3 aromatic carbocycles. The van der Waals surface area contributed by atoms with E-state index in [4.69, 9.17) is 0 Å². The van der Waals surface area contributed by atoms with Crippen molar-refractivity contribution in [1.82, 2.24) is 9.97 Å². The normalized spacial score (nSPS) is 12.0. The molecule has 0 spiro atoms. The van der Waals surface area contributed by atoms with E-state index in [-0.39, 0.29) is 10.9 Å². The fraction of sp³-hybridized carbons (Fsp3) is 0. The van der Waals surface area contributed by atoms with Crippen LogP contribution in [0, 0.1) is 0 Å². The molecule has 4 nitrogen and oxygen atoms in total. The minimum atomic E-state index is -0.0438. The maximum Gasteiger partial charge on any atom is 0.195 e. The van der Waals surface area contributed by atoms with Crippen LogP contribution in [0.2, 0.25) is 0 Å². The Labute approximate surface area is 123 Å². The minimum absolute atomic E-state index is 0.0438. The lowest BCUT2D eigenvalue weighted by molar-refractivity contribution is 1.43. The lowest BCUT2D eigenvalue weighted by Gasteiger charge is -1.93. The lowest BCUT2D eigenvalue weighted by Crippen LogP contribution is -1.95. The van der Waals surface area contributed by atoms with Gasteiger partial charge in [0.25, 0.3) is 0 Å². The lowest BCUT2D eigenvalue weighted by atomic mass is 10.1. The van der Waals surface area contributed by atoms with Gasteiger partial charge in [-0.15, -0.1) is 0 Å². The molecule has 22 heavy (non-hydrogen) atoms. The molecule has 0 saturated carbocycles. The Morgan fingerprint density at radius 3 is 1.50 bits per heavy atom. The SMILES string of the molecule is O=c1c2cc3c(cc2c2ncccc12)c(=O)c1cccnc13. The summed E-state index contributed by atoms with van der Waals surface area (Å²) in [7, 11) is 0. The standard InChI is InChI=1S/C18H8N2O2/c21-17-9-3-1-5-19-15(9)11-7-14-12(8-13(11)17)16-10(18(14)22)4-2-6-20-16/h1-8H. The van der Waals surface area contributed by atoms with Crippen molar-refractivity contribution in [2.24, 2.45) is 0 Å². The summed E-state index contributed by atoms with van der Waals surface area (Å²) in [5.41, 5.74) is 1.22. The van der Waals surface area contributed by atoms with Gasteiger partial charge in [0.1, 0.15) is 0 Å². The summed E-state index contributed by atoms with van der Waals surface area (Å²) in [6.45, 7) is 0. The fourth-order valence-electron chi connectivity index (χ4n) is 3.26. The molecule has 0 aliphatic heterocycles. The van der Waals surface area contributed by atoms with Gasteiger partial charge in [0.05, 0.1) is 11.0 Å². The molecule has 0 unspecified atom stereocenters. The Morgan fingerprint density at radius 2 is 1.05 bits per heavy atom. The highest BCUT2D eigenvalue weighted by atomic mass is 16.1. The van der Waals surface area contributed by atoms with Crippen LogP contribution in [-0.2, 0) is 0 Å². The van der Waals surface area contributed by atoms with Crippen molar-refractivity contribution in [2.75, 3.05) is 0 Å². The number of hydrogen-bond acceptors (Lipinski definition) is 4. The number of nitrogens with zero attached hydrogens (tertiary/aromatic N) is 2. The van der Waals surface area contributed by atoms with Crippen LogP contribution in [0.25, 0.3) is 43.4 Å². The molecular formula is C18H8N2O2. The molecule has 2 heterocycles. The summed E-state index contributed by atoms with van der Waals surface area (Å²) in [4.78, 5) is 33.7. The first-order valence-corrected chi connectivity index (χ1v) is 6.94. The van der Waals surface area contributed by atoms with E-state index in [1.807, 2.05) is 0 Å². The van der Waals surface area contributed by atoms with E-state index in [9.17, 15) is 9.59 Å². The average Bonchev–Trinajstić information content (AvgIpc) is 3.01. The van der Waals surface area contributed by atoms with Crippen LogP contribution in [0.4, 0.5) is 0 Å². The first-order chi connectivity index (χ1) is 10.8. The maximum absolute atomic E-state index is 12.5. The Hall–Kier alpha value is -3.14. The van der Waals surface area contributed by atoms with E-state index in [2.05, 4.69) is 9.97 Å². The molecule has 0 aliphatic rings. The van der Waals surface area contributed by atoms with Crippen molar-refractivity contribution < 1.29 is 0 Å². The fourth-order valence-corrected chi connectivity index (χ4v) is 3.26. The van der Waals surface area contributed by atoms with E-state index in [0.29, 0.717) is 32.6 Å². The summed E-state index contributed by atoms with van der Waals surface area (Å²) < 4.78 is 0. The monoisotopic (exact) mass is 284 g/mol. The highest BCUT2D eigenvalue weighted by molar-refractivity contribution is 6.19. The van der Waals surface area contributed by atoms with E-state index in [1.165, 1.54) is 0 Å². The number of hydrogen-bond donors (Lipinski definition) is 0. The van der Waals surface area contributed by atoms with Crippen LogP contribution in [0.3, 0.4) is 0 Å². The second-order valence-electron chi connectivity index (χ2n) is 5.40. The molecule has 0 saturated heterocycles. The van der Waals surface area contributed by atoms with Gasteiger partial charge >= 0.3 is 0 Å². The van der Waals surface area contributed by atoms with Gasteiger partial charge in [0.2, 0.25) is 0 Å². The van der Waals surface area contributed by atoms with E-state index in [1.54, 1.807) is 48.8 Å². The summed E-state index contributed by atoms with van der Waals surface area (Å²) in [6, 6.07) is 10.6. The van der Waals surface area contributed by atoms with Gasteiger partial charge in [0.15, 0.2) is 10.9 Å². The third-order valence-corrected chi connectivity index (χ3v) is 4.26. The van der Waals surface area contributed by atoms with Gasteiger partial charge in [-0.05, 0) is 36.4 Å². The molecule has 0 amide bonds. The molecule has 0 radical (unpaired) electrons. The second kappa shape index (κ2) is 3.74. The summed E-state index contributed by atoms with van der Waals surface area (Å²) in [5.74, 6) is 0. The number of pyridine rings is 2. The molecule has 0 atom stereocenters. The second-order valence-corrected chi connectivity index (χ2v) is 5.40. The Morgan fingerprint density at radius 1 is 0.591 bits per heavy atom. The van der Waals surface area contributed by atoms with Crippen LogP contribution in [0.15, 0.2) is 58.4 Å². The predicted octanol–water partition coefficient (Wildman–Crippen LogP) is 2.69. The van der Waals surface area contributed by atoms with Crippen LogP contribution in [-0.4, -0.2) is 9.97 Å². The molecule has 4 heteroatoms. The Kier molecular flexibility index (Phi) is 1.96. The zero-order chi connectivity index (χ0) is 14.8. The highest BCUT2D eigenvalue weighted by Crippen LogP contribution is 2.29. The predicted molar refractivity (Wildman–Crippen MR) is 87.0 cm³/mol. The smallest absolute Gasteiger partial charge is 0.195 e. The topological polar surface area (TPSA) is 59.9 Å².